The lowest BCUT2D eigenvalue weighted by Gasteiger charge is -2.25. The highest BCUT2D eigenvalue weighted by Crippen LogP contribution is 2.30. The predicted molar refractivity (Wildman–Crippen MR) is 120 cm³/mol. The first-order valence-electron chi connectivity index (χ1n) is 10.6. The second-order valence-electron chi connectivity index (χ2n) is 8.08. The fourth-order valence-corrected chi connectivity index (χ4v) is 5.35. The summed E-state index contributed by atoms with van der Waals surface area (Å²) >= 11 is 1.44. The number of fused-ring (bicyclic) bond motifs is 2. The van der Waals surface area contributed by atoms with Crippen LogP contribution in [0.15, 0.2) is 24.3 Å². The zero-order valence-electron chi connectivity index (χ0n) is 17.4. The van der Waals surface area contributed by atoms with Crippen LogP contribution >= 0.6 is 11.3 Å². The van der Waals surface area contributed by atoms with Gasteiger partial charge in [-0.2, -0.15) is 0 Å². The van der Waals surface area contributed by atoms with Crippen LogP contribution in [0.25, 0.3) is 10.9 Å². The number of thiazole rings is 1. The van der Waals surface area contributed by atoms with Crippen molar-refractivity contribution in [3.63, 3.8) is 0 Å². The molecule has 5 rings (SSSR count). The molecule has 1 aliphatic carbocycles. The summed E-state index contributed by atoms with van der Waals surface area (Å²) < 4.78 is 5.26. The van der Waals surface area contributed by atoms with Gasteiger partial charge in [0.05, 0.1) is 19.3 Å². The van der Waals surface area contributed by atoms with E-state index in [2.05, 4.69) is 20.6 Å². The Labute approximate surface area is 184 Å². The third-order valence-corrected chi connectivity index (χ3v) is 6.99. The molecule has 3 aromatic rings. The number of carbonyl (C=O) groups is 2. The zero-order chi connectivity index (χ0) is 21.4. The summed E-state index contributed by atoms with van der Waals surface area (Å²) in [4.78, 5) is 35.9. The van der Waals surface area contributed by atoms with Crippen LogP contribution < -0.4 is 15.4 Å². The number of rotatable bonds is 4. The second kappa shape index (κ2) is 8.22. The fourth-order valence-electron chi connectivity index (χ4n) is 4.33. The summed E-state index contributed by atoms with van der Waals surface area (Å²) in [7, 11) is 1.62. The topological polar surface area (TPSA) is 99.3 Å². The van der Waals surface area contributed by atoms with E-state index in [4.69, 9.17) is 4.74 Å². The number of aromatic nitrogens is 2. The number of hydrogen-bond acceptors (Lipinski definition) is 5. The normalized spacial score (nSPS) is 16.4. The molecule has 2 aromatic heterocycles. The maximum atomic E-state index is 13.1. The Morgan fingerprint density at radius 3 is 2.90 bits per heavy atom. The number of methoxy groups -OCH3 is 1. The van der Waals surface area contributed by atoms with E-state index in [-0.39, 0.29) is 18.0 Å². The van der Waals surface area contributed by atoms with Gasteiger partial charge < -0.3 is 19.9 Å². The molecule has 1 saturated carbocycles. The van der Waals surface area contributed by atoms with Crippen LogP contribution in [0.2, 0.25) is 0 Å². The molecule has 0 saturated heterocycles. The predicted octanol–water partition coefficient (Wildman–Crippen LogP) is 3.90. The van der Waals surface area contributed by atoms with Crippen LogP contribution in [0.3, 0.4) is 0 Å². The number of nitrogens with zero attached hydrogens (tertiary/aromatic N) is 2. The Bertz CT molecular complexity index is 1130. The van der Waals surface area contributed by atoms with Crippen molar-refractivity contribution in [1.82, 2.24) is 20.2 Å². The molecule has 3 N–H and O–H groups in total. The fraction of sp³-hybridized carbons (Fsp3) is 0.409. The number of benzene rings is 1. The average Bonchev–Trinajstić information content (AvgIpc) is 3.50. The molecule has 8 nitrogen and oxygen atoms in total. The van der Waals surface area contributed by atoms with Gasteiger partial charge in [-0.15, -0.1) is 0 Å². The van der Waals surface area contributed by atoms with E-state index in [9.17, 15) is 9.59 Å². The minimum atomic E-state index is -0.195. The number of amides is 3. The summed E-state index contributed by atoms with van der Waals surface area (Å²) in [5.74, 6) is 0.709. The number of aromatic amines is 1. The van der Waals surface area contributed by atoms with Crippen molar-refractivity contribution in [3.8, 4) is 5.75 Å². The van der Waals surface area contributed by atoms with Crippen molar-refractivity contribution in [3.05, 3.63) is 40.5 Å². The minimum absolute atomic E-state index is 0.0392. The lowest BCUT2D eigenvalue weighted by Crippen LogP contribution is -2.36. The maximum Gasteiger partial charge on any atom is 0.321 e. The summed E-state index contributed by atoms with van der Waals surface area (Å²) in [6, 6.07) is 7.65. The lowest BCUT2D eigenvalue weighted by molar-refractivity contribution is 0.0731. The monoisotopic (exact) mass is 439 g/mol. The van der Waals surface area contributed by atoms with Crippen molar-refractivity contribution in [2.75, 3.05) is 19.0 Å². The first-order chi connectivity index (χ1) is 15.1. The van der Waals surface area contributed by atoms with E-state index in [1.54, 1.807) is 7.11 Å². The molecule has 9 heteroatoms. The Kier molecular flexibility index (Phi) is 5.27. The van der Waals surface area contributed by atoms with Gasteiger partial charge in [-0.1, -0.05) is 24.2 Å². The highest BCUT2D eigenvalue weighted by atomic mass is 32.1. The van der Waals surface area contributed by atoms with Crippen LogP contribution in [-0.2, 0) is 13.0 Å². The number of ether oxygens (including phenoxy) is 1. The third kappa shape index (κ3) is 4.10. The number of urea groups is 1. The molecular formula is C22H25N5O3S. The Morgan fingerprint density at radius 1 is 1.26 bits per heavy atom. The molecular weight excluding hydrogens is 414 g/mol. The Balaban J connectivity index is 1.26. The summed E-state index contributed by atoms with van der Waals surface area (Å²) in [5, 5.41) is 7.44. The molecule has 0 spiro atoms. The Morgan fingerprint density at radius 2 is 2.10 bits per heavy atom. The molecule has 3 heterocycles. The summed E-state index contributed by atoms with van der Waals surface area (Å²) in [6.07, 6.45) is 5.10. The SMILES string of the molecule is COc1ccc2cc(C(=O)N3CCc4nc(NC(=O)NC5CCCC5)sc4C3)[nH]c2c1. The van der Waals surface area contributed by atoms with E-state index in [1.165, 1.54) is 24.2 Å². The van der Waals surface area contributed by atoms with Crippen LogP contribution in [0.1, 0.15) is 46.7 Å². The van der Waals surface area contributed by atoms with E-state index < -0.39 is 0 Å². The van der Waals surface area contributed by atoms with Crippen molar-refractivity contribution < 1.29 is 14.3 Å². The van der Waals surface area contributed by atoms with E-state index >= 15 is 0 Å². The van der Waals surface area contributed by atoms with Crippen LogP contribution in [0.4, 0.5) is 9.93 Å². The molecule has 0 unspecified atom stereocenters. The zero-order valence-corrected chi connectivity index (χ0v) is 18.2. The van der Waals surface area contributed by atoms with Gasteiger partial charge >= 0.3 is 6.03 Å². The number of anilines is 1. The van der Waals surface area contributed by atoms with E-state index in [1.807, 2.05) is 29.2 Å². The molecule has 1 fully saturated rings. The molecule has 162 valence electrons. The van der Waals surface area contributed by atoms with E-state index in [0.717, 1.165) is 40.1 Å². The van der Waals surface area contributed by atoms with Crippen molar-refractivity contribution in [2.45, 2.75) is 44.7 Å². The van der Waals surface area contributed by atoms with Gasteiger partial charge in [-0.05, 0) is 31.0 Å². The van der Waals surface area contributed by atoms with Gasteiger partial charge in [0.15, 0.2) is 5.13 Å². The largest absolute Gasteiger partial charge is 0.497 e. The molecule has 0 bridgehead atoms. The molecule has 1 aliphatic heterocycles. The van der Waals surface area contributed by atoms with Crippen molar-refractivity contribution in [1.29, 1.82) is 0 Å². The highest BCUT2D eigenvalue weighted by molar-refractivity contribution is 7.15. The number of carbonyl (C=O) groups excluding carboxylic acids is 2. The Hall–Kier alpha value is -3.07. The van der Waals surface area contributed by atoms with Gasteiger partial charge in [0.2, 0.25) is 0 Å². The number of nitrogens with one attached hydrogen (secondary N) is 3. The van der Waals surface area contributed by atoms with Crippen molar-refractivity contribution >= 4 is 39.3 Å². The highest BCUT2D eigenvalue weighted by Gasteiger charge is 2.26. The van der Waals surface area contributed by atoms with Crippen LogP contribution in [-0.4, -0.2) is 46.5 Å². The minimum Gasteiger partial charge on any atom is -0.497 e. The first kappa shape index (κ1) is 19.9. The number of hydrogen-bond donors (Lipinski definition) is 3. The summed E-state index contributed by atoms with van der Waals surface area (Å²) in [5.41, 5.74) is 2.40. The third-order valence-electron chi connectivity index (χ3n) is 5.99. The lowest BCUT2D eigenvalue weighted by atomic mass is 10.1. The second-order valence-corrected chi connectivity index (χ2v) is 9.17. The van der Waals surface area contributed by atoms with Crippen LogP contribution in [0, 0.1) is 0 Å². The van der Waals surface area contributed by atoms with Crippen molar-refractivity contribution in [2.24, 2.45) is 0 Å². The molecule has 3 amide bonds. The molecule has 31 heavy (non-hydrogen) atoms. The van der Waals surface area contributed by atoms with E-state index in [0.29, 0.717) is 30.3 Å². The standard InChI is InChI=1S/C22H25N5O3S/c1-30-15-7-6-13-10-18(24-17(13)11-15)20(28)27-9-8-16-19(12-27)31-22(25-16)26-21(29)23-14-4-2-3-5-14/h6-7,10-11,14,24H,2-5,8-9,12H2,1H3,(H2,23,25,26,29). The van der Waals surface area contributed by atoms with Gasteiger partial charge in [0.1, 0.15) is 11.4 Å². The maximum absolute atomic E-state index is 13.1. The number of H-pyrrole nitrogens is 1. The quantitative estimate of drug-likeness (QED) is 0.574. The first-order valence-corrected chi connectivity index (χ1v) is 11.4. The smallest absolute Gasteiger partial charge is 0.321 e. The van der Waals surface area contributed by atoms with Gasteiger partial charge in [0.25, 0.3) is 5.91 Å². The van der Waals surface area contributed by atoms with Gasteiger partial charge in [-0.3, -0.25) is 10.1 Å². The summed E-state index contributed by atoms with van der Waals surface area (Å²) in [6.45, 7) is 1.10. The van der Waals surface area contributed by atoms with Gasteiger partial charge in [0, 0.05) is 40.9 Å². The average molecular weight is 440 g/mol. The molecule has 1 aromatic carbocycles. The van der Waals surface area contributed by atoms with Crippen LogP contribution in [0.5, 0.6) is 5.75 Å². The molecule has 2 aliphatic rings. The molecule has 0 atom stereocenters. The van der Waals surface area contributed by atoms with Gasteiger partial charge in [-0.25, -0.2) is 9.78 Å². The molecule has 0 radical (unpaired) electrons.